The van der Waals surface area contributed by atoms with Gasteiger partial charge in [-0.2, -0.15) is 0 Å². The summed E-state index contributed by atoms with van der Waals surface area (Å²) in [7, 11) is 0. The van der Waals surface area contributed by atoms with Crippen molar-refractivity contribution in [2.24, 2.45) is 0 Å². The van der Waals surface area contributed by atoms with Crippen LogP contribution >= 0.6 is 0 Å². The van der Waals surface area contributed by atoms with Gasteiger partial charge in [0.05, 0.1) is 6.61 Å². The quantitative estimate of drug-likeness (QED) is 0.152. The van der Waals surface area contributed by atoms with E-state index >= 15 is 0 Å². The van der Waals surface area contributed by atoms with E-state index < -0.39 is 0 Å². The highest BCUT2D eigenvalue weighted by atomic mass is 16.5. The van der Waals surface area contributed by atoms with Crippen LogP contribution in [0.25, 0.3) is 32.7 Å². The summed E-state index contributed by atoms with van der Waals surface area (Å²) in [6.07, 6.45) is 2.74. The van der Waals surface area contributed by atoms with Crippen molar-refractivity contribution in [2.75, 3.05) is 18.5 Å². The second kappa shape index (κ2) is 12.1. The van der Waals surface area contributed by atoms with Gasteiger partial charge in [-0.1, -0.05) is 72.8 Å². The van der Waals surface area contributed by atoms with Gasteiger partial charge in [0.2, 0.25) is 0 Å². The Morgan fingerprint density at radius 3 is 2.20 bits per heavy atom. The van der Waals surface area contributed by atoms with Crippen molar-refractivity contribution >= 4 is 27.2 Å². The monoisotopic (exact) mass is 539 g/mol. The molecule has 204 valence electrons. The van der Waals surface area contributed by atoms with Crippen LogP contribution in [0, 0.1) is 0 Å². The van der Waals surface area contributed by atoms with Crippen LogP contribution in [-0.2, 0) is 6.42 Å². The summed E-state index contributed by atoms with van der Waals surface area (Å²) in [6.45, 7) is 1.59. The minimum absolute atomic E-state index is 0.248. The molecule has 6 aromatic carbocycles. The van der Waals surface area contributed by atoms with Crippen molar-refractivity contribution in [3.63, 3.8) is 0 Å². The molecule has 6 rings (SSSR count). The van der Waals surface area contributed by atoms with Gasteiger partial charge in [0.1, 0.15) is 17.2 Å². The van der Waals surface area contributed by atoms with Gasteiger partial charge in [0.15, 0.2) is 0 Å². The van der Waals surface area contributed by atoms with E-state index in [1.165, 1.54) is 21.9 Å². The van der Waals surface area contributed by atoms with Gasteiger partial charge in [0, 0.05) is 12.2 Å². The molecule has 0 radical (unpaired) electrons. The van der Waals surface area contributed by atoms with Crippen molar-refractivity contribution in [3.05, 3.63) is 132 Å². The van der Waals surface area contributed by atoms with Gasteiger partial charge in [0.25, 0.3) is 0 Å². The fourth-order valence-corrected chi connectivity index (χ4v) is 5.34. The van der Waals surface area contributed by atoms with E-state index in [-0.39, 0.29) is 11.5 Å². The highest BCUT2D eigenvalue weighted by Gasteiger charge is 2.12. The van der Waals surface area contributed by atoms with Crippen LogP contribution in [0.1, 0.15) is 24.0 Å². The molecule has 0 atom stereocenters. The Hall–Kier alpha value is -4.96. The van der Waals surface area contributed by atoms with E-state index in [0.29, 0.717) is 6.61 Å². The average molecular weight is 540 g/mol. The van der Waals surface area contributed by atoms with Crippen molar-refractivity contribution in [3.8, 4) is 28.4 Å². The highest BCUT2D eigenvalue weighted by Crippen LogP contribution is 2.34. The minimum atomic E-state index is 0.248. The number of benzene rings is 6. The zero-order valence-corrected chi connectivity index (χ0v) is 22.9. The molecular formula is C37H33NO3. The molecule has 0 aromatic heterocycles. The molecule has 0 fully saturated rings. The van der Waals surface area contributed by atoms with Crippen LogP contribution in [0.15, 0.2) is 121 Å². The maximum atomic E-state index is 10.0. The fourth-order valence-electron chi connectivity index (χ4n) is 5.34. The Kier molecular flexibility index (Phi) is 7.72. The van der Waals surface area contributed by atoms with Gasteiger partial charge in [-0.3, -0.25) is 0 Å². The van der Waals surface area contributed by atoms with E-state index in [2.05, 4.69) is 66.0 Å². The van der Waals surface area contributed by atoms with Crippen molar-refractivity contribution in [1.29, 1.82) is 0 Å². The van der Waals surface area contributed by atoms with Gasteiger partial charge >= 0.3 is 0 Å². The lowest BCUT2D eigenvalue weighted by atomic mass is 9.90. The molecule has 0 aliphatic heterocycles. The number of unbranched alkanes of at least 4 members (excludes halogenated alkanes) is 1. The normalized spacial score (nSPS) is 11.1. The Morgan fingerprint density at radius 1 is 0.610 bits per heavy atom. The molecule has 0 aliphatic rings. The number of aromatic hydroxyl groups is 2. The fraction of sp³-hybridized carbons (Fsp3) is 0.135. The lowest BCUT2D eigenvalue weighted by Gasteiger charge is -2.15. The molecule has 41 heavy (non-hydrogen) atoms. The molecule has 0 spiro atoms. The van der Waals surface area contributed by atoms with Gasteiger partial charge in [-0.05, 0) is 112 Å². The summed E-state index contributed by atoms with van der Waals surface area (Å²) in [6, 6.07) is 40.2. The molecule has 0 saturated heterocycles. The minimum Gasteiger partial charge on any atom is -0.508 e. The summed E-state index contributed by atoms with van der Waals surface area (Å²) in [5.74, 6) is 1.38. The maximum Gasteiger partial charge on any atom is 0.119 e. The van der Waals surface area contributed by atoms with Crippen LogP contribution < -0.4 is 10.1 Å². The molecule has 0 heterocycles. The molecule has 0 amide bonds. The molecule has 0 aliphatic carbocycles. The first-order valence-corrected chi connectivity index (χ1v) is 14.1. The van der Waals surface area contributed by atoms with Crippen molar-refractivity contribution < 1.29 is 14.9 Å². The first-order chi connectivity index (χ1) is 20.1. The standard InChI is InChI=1S/C37H33NO3/c39-32-14-10-28(11-15-32)35-19-12-30-25-33(40)16-20-36(30)37(35)23-26-7-17-34(18-8-26)41-22-4-3-21-38-31-13-9-27-5-1-2-6-29(27)24-31/h1-2,5-20,24-25,38-40H,3-4,21-23H2. The average Bonchev–Trinajstić information content (AvgIpc) is 3.00. The summed E-state index contributed by atoms with van der Waals surface area (Å²) in [5.41, 5.74) is 5.67. The van der Waals surface area contributed by atoms with E-state index in [9.17, 15) is 10.2 Å². The van der Waals surface area contributed by atoms with Gasteiger partial charge < -0.3 is 20.3 Å². The number of ether oxygens (including phenoxy) is 1. The van der Waals surface area contributed by atoms with E-state index in [1.807, 2.05) is 36.4 Å². The third-order valence-corrected chi connectivity index (χ3v) is 7.52. The van der Waals surface area contributed by atoms with Crippen LogP contribution in [0.4, 0.5) is 5.69 Å². The smallest absolute Gasteiger partial charge is 0.119 e. The molecule has 6 aromatic rings. The largest absolute Gasteiger partial charge is 0.508 e. The van der Waals surface area contributed by atoms with Crippen LogP contribution in [0.3, 0.4) is 0 Å². The van der Waals surface area contributed by atoms with Crippen molar-refractivity contribution in [2.45, 2.75) is 19.3 Å². The SMILES string of the molecule is Oc1ccc(-c2ccc3cc(O)ccc3c2Cc2ccc(OCCCCNc3ccc4ccccc4c3)cc2)cc1. The van der Waals surface area contributed by atoms with E-state index in [1.54, 1.807) is 24.3 Å². The second-order valence-electron chi connectivity index (χ2n) is 10.4. The lowest BCUT2D eigenvalue weighted by Crippen LogP contribution is -2.04. The maximum absolute atomic E-state index is 10.0. The zero-order chi connectivity index (χ0) is 28.0. The van der Waals surface area contributed by atoms with Crippen molar-refractivity contribution in [1.82, 2.24) is 0 Å². The third kappa shape index (κ3) is 6.28. The molecule has 0 saturated carbocycles. The number of fused-ring (bicyclic) bond motifs is 2. The summed E-state index contributed by atoms with van der Waals surface area (Å²) in [5, 5.41) is 27.9. The number of nitrogens with one attached hydrogen (secondary N) is 1. The first kappa shape index (κ1) is 26.3. The first-order valence-electron chi connectivity index (χ1n) is 14.1. The summed E-state index contributed by atoms with van der Waals surface area (Å²) < 4.78 is 6.03. The molecule has 0 bridgehead atoms. The molecule has 4 heteroatoms. The Morgan fingerprint density at radius 2 is 1.37 bits per heavy atom. The highest BCUT2D eigenvalue weighted by molar-refractivity contribution is 5.93. The zero-order valence-electron chi connectivity index (χ0n) is 22.9. The number of hydrogen-bond donors (Lipinski definition) is 3. The Labute approximate surface area is 240 Å². The number of phenolic OH excluding ortho intramolecular Hbond substituents is 2. The number of anilines is 1. The Balaban J connectivity index is 1.06. The molecular weight excluding hydrogens is 506 g/mol. The number of phenols is 2. The summed E-state index contributed by atoms with van der Waals surface area (Å²) in [4.78, 5) is 0. The second-order valence-corrected chi connectivity index (χ2v) is 10.4. The van der Waals surface area contributed by atoms with E-state index in [0.717, 1.165) is 59.1 Å². The molecule has 0 unspecified atom stereocenters. The molecule has 3 N–H and O–H groups in total. The Bertz CT molecular complexity index is 1780. The summed E-state index contributed by atoms with van der Waals surface area (Å²) >= 11 is 0. The van der Waals surface area contributed by atoms with E-state index in [4.69, 9.17) is 4.74 Å². The van der Waals surface area contributed by atoms with Crippen LogP contribution in [-0.4, -0.2) is 23.4 Å². The van der Waals surface area contributed by atoms with Gasteiger partial charge in [-0.15, -0.1) is 0 Å². The molecule has 4 nitrogen and oxygen atoms in total. The van der Waals surface area contributed by atoms with Crippen LogP contribution in [0.5, 0.6) is 17.2 Å². The predicted octanol–water partition coefficient (Wildman–Crippen LogP) is 8.93. The number of rotatable bonds is 10. The topological polar surface area (TPSA) is 61.7 Å². The van der Waals surface area contributed by atoms with Crippen LogP contribution in [0.2, 0.25) is 0 Å². The lowest BCUT2D eigenvalue weighted by molar-refractivity contribution is 0.308. The third-order valence-electron chi connectivity index (χ3n) is 7.52. The van der Waals surface area contributed by atoms with Gasteiger partial charge in [-0.25, -0.2) is 0 Å². The predicted molar refractivity (Wildman–Crippen MR) is 169 cm³/mol. The number of hydrogen-bond acceptors (Lipinski definition) is 4.